The second-order valence-electron chi connectivity index (χ2n) is 5.57. The van der Waals surface area contributed by atoms with Gasteiger partial charge in [-0.3, -0.25) is 9.97 Å². The van der Waals surface area contributed by atoms with Gasteiger partial charge in [-0.15, -0.1) is 0 Å². The van der Waals surface area contributed by atoms with E-state index in [1.165, 1.54) is 28.9 Å². The minimum Gasteiger partial charge on any atom is -0.261 e. The number of nitrogens with zero attached hydrogens (tertiary/aromatic N) is 2. The lowest BCUT2D eigenvalue weighted by Crippen LogP contribution is -2.01. The van der Waals surface area contributed by atoms with Crippen molar-refractivity contribution in [2.45, 2.75) is 58.8 Å². The first-order valence-electron chi connectivity index (χ1n) is 8.20. The van der Waals surface area contributed by atoms with Crippen molar-refractivity contribution in [1.29, 1.82) is 0 Å². The quantitative estimate of drug-likeness (QED) is 0.709. The summed E-state index contributed by atoms with van der Waals surface area (Å²) in [5.41, 5.74) is 5.39. The summed E-state index contributed by atoms with van der Waals surface area (Å²) in [4.78, 5) is 9.06. The second kappa shape index (κ2) is 8.56. The van der Waals surface area contributed by atoms with Crippen molar-refractivity contribution >= 4 is 0 Å². The van der Waals surface area contributed by atoms with Crippen molar-refractivity contribution in [3.8, 4) is 0 Å². The molecule has 2 nitrogen and oxygen atoms in total. The van der Waals surface area contributed by atoms with Crippen LogP contribution in [0.25, 0.3) is 0 Å². The Morgan fingerprint density at radius 3 is 1.62 bits per heavy atom. The van der Waals surface area contributed by atoms with Gasteiger partial charge in [0.25, 0.3) is 0 Å². The standard InChI is InChI=1S/C19H26N2/c1-3-8-18-16(12-6-14-20-18)10-5-11-17-13-7-15-21-19(17)9-4-2/h6-7,12-15H,3-5,8-11H2,1-2H3. The zero-order valence-corrected chi connectivity index (χ0v) is 13.3. The van der Waals surface area contributed by atoms with Crippen molar-refractivity contribution in [3.05, 3.63) is 59.2 Å². The summed E-state index contributed by atoms with van der Waals surface area (Å²) in [6.07, 6.45) is 11.7. The van der Waals surface area contributed by atoms with E-state index < -0.39 is 0 Å². The van der Waals surface area contributed by atoms with Crippen LogP contribution in [0.5, 0.6) is 0 Å². The van der Waals surface area contributed by atoms with Gasteiger partial charge in [0.05, 0.1) is 0 Å². The van der Waals surface area contributed by atoms with Crippen LogP contribution in [-0.2, 0) is 25.7 Å². The van der Waals surface area contributed by atoms with E-state index in [9.17, 15) is 0 Å². The van der Waals surface area contributed by atoms with E-state index in [0.717, 1.165) is 38.5 Å². The van der Waals surface area contributed by atoms with Crippen LogP contribution in [-0.4, -0.2) is 9.97 Å². The summed E-state index contributed by atoms with van der Waals surface area (Å²) in [5, 5.41) is 0. The Morgan fingerprint density at radius 2 is 1.19 bits per heavy atom. The molecule has 2 heterocycles. The Hall–Kier alpha value is -1.70. The molecule has 0 aliphatic carbocycles. The lowest BCUT2D eigenvalue weighted by Gasteiger charge is -2.09. The SMILES string of the molecule is CCCc1ncccc1CCCc1cccnc1CCC. The molecule has 0 aliphatic heterocycles. The number of rotatable bonds is 8. The molecular weight excluding hydrogens is 256 g/mol. The molecule has 0 radical (unpaired) electrons. The molecule has 2 rings (SSSR count). The van der Waals surface area contributed by atoms with Crippen LogP contribution in [0.15, 0.2) is 36.7 Å². The van der Waals surface area contributed by atoms with Crippen LogP contribution in [0.4, 0.5) is 0 Å². The fraction of sp³-hybridized carbons (Fsp3) is 0.474. The van der Waals surface area contributed by atoms with E-state index >= 15 is 0 Å². The molecule has 2 aromatic heterocycles. The van der Waals surface area contributed by atoms with E-state index in [1.807, 2.05) is 12.4 Å². The van der Waals surface area contributed by atoms with Gasteiger partial charge >= 0.3 is 0 Å². The molecule has 0 bridgehead atoms. The number of aryl methyl sites for hydroxylation is 4. The van der Waals surface area contributed by atoms with Crippen LogP contribution >= 0.6 is 0 Å². The highest BCUT2D eigenvalue weighted by atomic mass is 14.7. The summed E-state index contributed by atoms with van der Waals surface area (Å²) >= 11 is 0. The van der Waals surface area contributed by atoms with Crippen molar-refractivity contribution in [3.63, 3.8) is 0 Å². The lowest BCUT2D eigenvalue weighted by atomic mass is 9.99. The van der Waals surface area contributed by atoms with E-state index in [4.69, 9.17) is 0 Å². The normalized spacial score (nSPS) is 10.8. The maximum absolute atomic E-state index is 4.53. The molecule has 0 atom stereocenters. The third-order valence-corrected chi connectivity index (χ3v) is 3.83. The number of hydrogen-bond acceptors (Lipinski definition) is 2. The van der Waals surface area contributed by atoms with Gasteiger partial charge in [-0.2, -0.15) is 0 Å². The molecule has 0 N–H and O–H groups in total. The number of hydrogen-bond donors (Lipinski definition) is 0. The summed E-state index contributed by atoms with van der Waals surface area (Å²) in [7, 11) is 0. The van der Waals surface area contributed by atoms with Crippen molar-refractivity contribution < 1.29 is 0 Å². The number of aromatic nitrogens is 2. The number of pyridine rings is 2. The van der Waals surface area contributed by atoms with Crippen LogP contribution in [0.1, 0.15) is 55.6 Å². The van der Waals surface area contributed by atoms with E-state index in [2.05, 4.69) is 48.1 Å². The van der Waals surface area contributed by atoms with Gasteiger partial charge in [0.1, 0.15) is 0 Å². The topological polar surface area (TPSA) is 25.8 Å². The molecule has 0 amide bonds. The maximum atomic E-state index is 4.53. The first-order valence-corrected chi connectivity index (χ1v) is 8.20. The van der Waals surface area contributed by atoms with Gasteiger partial charge in [-0.05, 0) is 55.4 Å². The molecule has 2 aromatic rings. The first-order chi connectivity index (χ1) is 10.3. The highest BCUT2D eigenvalue weighted by Crippen LogP contribution is 2.15. The van der Waals surface area contributed by atoms with Crippen molar-refractivity contribution in [1.82, 2.24) is 9.97 Å². The summed E-state index contributed by atoms with van der Waals surface area (Å²) in [6.45, 7) is 4.43. The minimum absolute atomic E-state index is 1.09. The highest BCUT2D eigenvalue weighted by molar-refractivity contribution is 5.22. The molecule has 0 saturated carbocycles. The molecule has 0 aliphatic rings. The monoisotopic (exact) mass is 282 g/mol. The molecule has 0 aromatic carbocycles. The zero-order chi connectivity index (χ0) is 14.9. The average Bonchev–Trinajstić information content (AvgIpc) is 2.51. The summed E-state index contributed by atoms with van der Waals surface area (Å²) in [5.74, 6) is 0. The third-order valence-electron chi connectivity index (χ3n) is 3.83. The Kier molecular flexibility index (Phi) is 6.39. The van der Waals surface area contributed by atoms with Gasteiger partial charge in [0, 0.05) is 23.8 Å². The molecular formula is C19H26N2. The van der Waals surface area contributed by atoms with Crippen molar-refractivity contribution in [2.75, 3.05) is 0 Å². The Labute approximate surface area is 128 Å². The van der Waals surface area contributed by atoms with Crippen molar-refractivity contribution in [2.24, 2.45) is 0 Å². The lowest BCUT2D eigenvalue weighted by molar-refractivity contribution is 0.766. The first kappa shape index (κ1) is 15.7. The highest BCUT2D eigenvalue weighted by Gasteiger charge is 2.05. The molecule has 2 heteroatoms. The van der Waals surface area contributed by atoms with Gasteiger partial charge in [-0.25, -0.2) is 0 Å². The predicted molar refractivity (Wildman–Crippen MR) is 88.5 cm³/mol. The largest absolute Gasteiger partial charge is 0.261 e. The van der Waals surface area contributed by atoms with Gasteiger partial charge < -0.3 is 0 Å². The van der Waals surface area contributed by atoms with Gasteiger partial charge in [0.15, 0.2) is 0 Å². The predicted octanol–water partition coefficient (Wildman–Crippen LogP) is 4.56. The van der Waals surface area contributed by atoms with E-state index in [0.29, 0.717) is 0 Å². The molecule has 0 fully saturated rings. The van der Waals surface area contributed by atoms with Gasteiger partial charge in [-0.1, -0.05) is 38.8 Å². The summed E-state index contributed by atoms with van der Waals surface area (Å²) < 4.78 is 0. The zero-order valence-electron chi connectivity index (χ0n) is 13.3. The smallest absolute Gasteiger partial charge is 0.0435 e. The molecule has 0 spiro atoms. The van der Waals surface area contributed by atoms with Gasteiger partial charge in [0.2, 0.25) is 0 Å². The Balaban J connectivity index is 1.95. The average molecular weight is 282 g/mol. The summed E-state index contributed by atoms with van der Waals surface area (Å²) in [6, 6.07) is 8.57. The fourth-order valence-corrected chi connectivity index (χ4v) is 2.79. The van der Waals surface area contributed by atoms with Crippen LogP contribution < -0.4 is 0 Å². The fourth-order valence-electron chi connectivity index (χ4n) is 2.79. The molecule has 0 unspecified atom stereocenters. The second-order valence-corrected chi connectivity index (χ2v) is 5.57. The molecule has 0 saturated heterocycles. The third kappa shape index (κ3) is 4.66. The van der Waals surface area contributed by atoms with E-state index in [-0.39, 0.29) is 0 Å². The molecule has 21 heavy (non-hydrogen) atoms. The Bertz CT molecular complexity index is 499. The van der Waals surface area contributed by atoms with E-state index in [1.54, 1.807) is 0 Å². The van der Waals surface area contributed by atoms with Crippen LogP contribution in [0.3, 0.4) is 0 Å². The Morgan fingerprint density at radius 1 is 0.714 bits per heavy atom. The molecule has 112 valence electrons. The van der Waals surface area contributed by atoms with Crippen LogP contribution in [0.2, 0.25) is 0 Å². The maximum Gasteiger partial charge on any atom is 0.0435 e. The van der Waals surface area contributed by atoms with Crippen LogP contribution in [0, 0.1) is 0 Å². The minimum atomic E-state index is 1.09.